The minimum Gasteiger partial charge on any atom is -0.449 e. The zero-order valence-corrected chi connectivity index (χ0v) is 35.0. The van der Waals surface area contributed by atoms with Crippen LogP contribution in [0.3, 0.4) is 0 Å². The summed E-state index contributed by atoms with van der Waals surface area (Å²) in [6, 6.07) is 0. The zero-order valence-electron chi connectivity index (χ0n) is 32.6. The summed E-state index contributed by atoms with van der Waals surface area (Å²) in [7, 11) is -0.786. The number of hydrogen-bond donors (Lipinski definition) is 2. The Morgan fingerprint density at radius 1 is 0.481 bits per heavy atom. The van der Waals surface area contributed by atoms with Crippen LogP contribution in [0.5, 0.6) is 0 Å². The van der Waals surface area contributed by atoms with E-state index >= 15 is 0 Å². The Morgan fingerprint density at radius 2 is 0.778 bits per heavy atom. The average Bonchev–Trinajstić information content (AvgIpc) is 3.02. The number of rotatable bonds is 23. The third-order valence-electron chi connectivity index (χ3n) is 4.69. The van der Waals surface area contributed by atoms with Crippen molar-refractivity contribution < 1.29 is 85.5 Å². The second kappa shape index (κ2) is 38.1. The molecule has 0 aliphatic rings. The van der Waals surface area contributed by atoms with Gasteiger partial charge >= 0.3 is 11.9 Å². The Labute approximate surface area is 324 Å². The van der Waals surface area contributed by atoms with E-state index in [1.54, 1.807) is 13.8 Å². The zero-order chi connectivity index (χ0) is 43.4. The Hall–Kier alpha value is -3.21. The highest BCUT2D eigenvalue weighted by atomic mass is 33.1. The summed E-state index contributed by atoms with van der Waals surface area (Å²) in [5.41, 5.74) is 0. The van der Waals surface area contributed by atoms with Gasteiger partial charge in [0.2, 0.25) is 9.84 Å². The first kappa shape index (κ1) is 60.1. The van der Waals surface area contributed by atoms with E-state index in [-0.39, 0.29) is 41.1 Å². The molecule has 0 rings (SSSR count). The maximum Gasteiger partial charge on any atom is 0.303 e. The number of ketones is 8. The van der Waals surface area contributed by atoms with Crippen molar-refractivity contribution in [1.29, 1.82) is 0 Å². The fraction of sp³-hybridized carbons (Fsp3) is 0.697. The Kier molecular flexibility index (Phi) is 42.3. The smallest absolute Gasteiger partial charge is 0.303 e. The van der Waals surface area contributed by atoms with Crippen molar-refractivity contribution in [3.8, 4) is 0 Å². The van der Waals surface area contributed by atoms with E-state index in [2.05, 4.69) is 9.47 Å². The number of ether oxygens (including phenoxy) is 4. The first-order valence-corrected chi connectivity index (χ1v) is 20.2. The molecule has 2 unspecified atom stereocenters. The number of sulfone groups is 1. The van der Waals surface area contributed by atoms with E-state index in [4.69, 9.17) is 19.7 Å². The summed E-state index contributed by atoms with van der Waals surface area (Å²) in [6.07, 6.45) is -2.16. The van der Waals surface area contributed by atoms with Crippen LogP contribution in [-0.4, -0.2) is 139 Å². The summed E-state index contributed by atoms with van der Waals surface area (Å²) in [6.45, 7) is 15.2. The normalized spacial score (nSPS) is 11.0. The number of aliphatic hydroxyl groups is 2. The van der Waals surface area contributed by atoms with Gasteiger partial charge in [-0.2, -0.15) is 0 Å². The molecule has 0 aromatic carbocycles. The maximum atomic E-state index is 10.9. The second-order valence-electron chi connectivity index (χ2n) is 11.0. The molecule has 0 fully saturated rings. The minimum absolute atomic E-state index is 0.0625. The predicted molar refractivity (Wildman–Crippen MR) is 200 cm³/mol. The van der Waals surface area contributed by atoms with Gasteiger partial charge in [0.05, 0.1) is 44.4 Å². The molecule has 2 atom stereocenters. The van der Waals surface area contributed by atoms with Gasteiger partial charge in [0.15, 0.2) is 23.4 Å². The molecular formula is C33H56O18S3. The molecule has 0 aliphatic carbocycles. The van der Waals surface area contributed by atoms with Crippen LogP contribution in [0.15, 0.2) is 0 Å². The monoisotopic (exact) mass is 836 g/mol. The lowest BCUT2D eigenvalue weighted by Gasteiger charge is -2.10. The summed E-state index contributed by atoms with van der Waals surface area (Å²) in [5, 5.41) is 17.5. The van der Waals surface area contributed by atoms with Gasteiger partial charge in [-0.15, -0.1) is 0 Å². The fourth-order valence-electron chi connectivity index (χ4n) is 2.18. The fourth-order valence-corrected chi connectivity index (χ4v) is 4.93. The molecule has 0 aliphatic heterocycles. The predicted octanol–water partition coefficient (Wildman–Crippen LogP) is 1.41. The van der Waals surface area contributed by atoms with Gasteiger partial charge in [0.1, 0.15) is 46.9 Å². The van der Waals surface area contributed by atoms with Gasteiger partial charge in [-0.05, 0) is 55.4 Å². The molecule has 0 aromatic rings. The third-order valence-corrected chi connectivity index (χ3v) is 8.07. The van der Waals surface area contributed by atoms with E-state index in [1.807, 2.05) is 0 Å². The third kappa shape index (κ3) is 60.9. The summed E-state index contributed by atoms with van der Waals surface area (Å²) < 4.78 is 40.5. The quantitative estimate of drug-likeness (QED) is 0.0637. The van der Waals surface area contributed by atoms with Crippen LogP contribution in [0.25, 0.3) is 0 Å². The highest BCUT2D eigenvalue weighted by Crippen LogP contribution is 2.20. The summed E-state index contributed by atoms with van der Waals surface area (Å²) in [4.78, 5) is 103. The van der Waals surface area contributed by atoms with Crippen LogP contribution in [0.2, 0.25) is 0 Å². The lowest BCUT2D eigenvalue weighted by Crippen LogP contribution is -2.37. The number of carbonyl (C=O) groups excluding carboxylic acids is 10. The van der Waals surface area contributed by atoms with Gasteiger partial charge in [0.25, 0.3) is 0 Å². The van der Waals surface area contributed by atoms with Crippen molar-refractivity contribution in [2.75, 3.05) is 49.8 Å². The molecule has 0 saturated carbocycles. The highest BCUT2D eigenvalue weighted by Gasteiger charge is 2.24. The van der Waals surface area contributed by atoms with Crippen molar-refractivity contribution in [2.45, 2.75) is 101 Å². The van der Waals surface area contributed by atoms with E-state index in [0.29, 0.717) is 50.8 Å². The van der Waals surface area contributed by atoms with Crippen molar-refractivity contribution in [3.05, 3.63) is 0 Å². The highest BCUT2D eigenvalue weighted by molar-refractivity contribution is 8.77. The number of carbonyl (C=O) groups is 10. The molecule has 0 spiro atoms. The van der Waals surface area contributed by atoms with Crippen molar-refractivity contribution in [2.24, 2.45) is 0 Å². The lowest BCUT2D eigenvalue weighted by molar-refractivity contribution is -0.140. The van der Waals surface area contributed by atoms with Crippen molar-refractivity contribution >= 4 is 89.6 Å². The number of hydrogen-bond acceptors (Lipinski definition) is 20. The minimum atomic E-state index is -3.66. The number of esters is 2. The molecule has 18 nitrogen and oxygen atoms in total. The van der Waals surface area contributed by atoms with E-state index in [1.165, 1.54) is 49.3 Å². The Bertz CT molecular complexity index is 1200. The first-order chi connectivity index (χ1) is 24.7. The van der Waals surface area contributed by atoms with Crippen molar-refractivity contribution in [3.63, 3.8) is 0 Å². The summed E-state index contributed by atoms with van der Waals surface area (Å²) >= 11 is 0. The van der Waals surface area contributed by atoms with E-state index in [9.17, 15) is 56.4 Å². The van der Waals surface area contributed by atoms with Crippen LogP contribution >= 0.6 is 21.6 Å². The van der Waals surface area contributed by atoms with E-state index in [0.717, 1.165) is 27.7 Å². The Balaban J connectivity index is -0.000000189. The van der Waals surface area contributed by atoms with Gasteiger partial charge in [-0.1, -0.05) is 21.6 Å². The molecule has 54 heavy (non-hydrogen) atoms. The maximum absolute atomic E-state index is 10.9. The molecule has 0 aromatic heterocycles. The first-order valence-electron chi connectivity index (χ1n) is 15.9. The average molecular weight is 837 g/mol. The molecule has 314 valence electrons. The largest absolute Gasteiger partial charge is 0.449 e. The molecule has 0 saturated heterocycles. The van der Waals surface area contributed by atoms with Crippen LogP contribution in [0.4, 0.5) is 0 Å². The lowest BCUT2D eigenvalue weighted by atomic mass is 10.1. The number of aliphatic hydroxyl groups excluding tert-OH is 2. The van der Waals surface area contributed by atoms with Gasteiger partial charge in [-0.25, -0.2) is 8.42 Å². The topological polar surface area (TPSA) is 282 Å². The van der Waals surface area contributed by atoms with Crippen LogP contribution in [0, 0.1) is 0 Å². The van der Waals surface area contributed by atoms with Gasteiger partial charge < -0.3 is 29.2 Å². The molecule has 21 heteroatoms. The molecule has 0 bridgehead atoms. The van der Waals surface area contributed by atoms with E-state index < -0.39 is 57.4 Å². The molecule has 0 amide bonds. The SMILES string of the molecule is CC(=O)C(O)C(O)C(C)=O.CC(=O)CC(C)=O.CC(=O)CCOCCOCCC(C)=O.CC(=O)CSSCC(C)=O.CC(=O)OCS(=O)(=O)COC(C)=O. The van der Waals surface area contributed by atoms with Crippen LogP contribution in [-0.2, 0) is 76.7 Å². The second-order valence-corrected chi connectivity index (χ2v) is 15.4. The molecule has 2 N–H and O–H groups in total. The number of Topliss-reactive ketones (excluding diaryl/α,β-unsaturated/α-hetero) is 8. The summed E-state index contributed by atoms with van der Waals surface area (Å²) in [5.74, 6) is -2.73. The van der Waals surface area contributed by atoms with Crippen LogP contribution < -0.4 is 0 Å². The molecular weight excluding hydrogens is 781 g/mol. The van der Waals surface area contributed by atoms with Crippen molar-refractivity contribution in [1.82, 2.24) is 0 Å². The molecule has 0 radical (unpaired) electrons. The Morgan fingerprint density at radius 3 is 0.963 bits per heavy atom. The van der Waals surface area contributed by atoms with Gasteiger partial charge in [-0.3, -0.25) is 47.9 Å². The van der Waals surface area contributed by atoms with Gasteiger partial charge in [0, 0.05) is 26.7 Å². The van der Waals surface area contributed by atoms with Crippen LogP contribution in [0.1, 0.15) is 88.5 Å². The molecule has 0 heterocycles. The standard InChI is InChI=1S/C10H18O4.C6H10O6S.C6H10O4.C6H10O2S2.C5H8O2/c1-9(11)3-5-13-7-8-14-6-4-10(2)12;1-5(7)11-3-13(9,10)4-12-6(2)8;1-3(7)5(9)6(10)4(2)8;1-5(7)3-9-10-4-6(2)8;1-4(6)3-5(2)7/h3-8H2,1-2H3;3-4H2,1-2H3;5-6,9-10H,1-2H3;3-4H2,1-2H3;3H2,1-2H3.